The molecule has 1 atom stereocenters. The van der Waals surface area contributed by atoms with E-state index < -0.39 is 0 Å². The van der Waals surface area contributed by atoms with Crippen LogP contribution in [-0.2, 0) is 0 Å². The van der Waals surface area contributed by atoms with E-state index in [9.17, 15) is 0 Å². The van der Waals surface area contributed by atoms with Gasteiger partial charge >= 0.3 is 0 Å². The Balaban J connectivity index is 1.89. The Kier molecular flexibility index (Phi) is 5.47. The number of benzene rings is 1. The van der Waals surface area contributed by atoms with Crippen LogP contribution < -0.4 is 4.74 Å². The minimum atomic E-state index is 0.228. The number of nitrogens with zero attached hydrogens (tertiary/aromatic N) is 1. The highest BCUT2D eigenvalue weighted by Gasteiger charge is 2.22. The number of piperidine rings is 1. The molecule has 1 saturated heterocycles. The van der Waals surface area contributed by atoms with Gasteiger partial charge < -0.3 is 9.84 Å². The summed E-state index contributed by atoms with van der Waals surface area (Å²) in [5.74, 6) is 0.895. The molecule has 1 aliphatic heterocycles. The maximum absolute atomic E-state index is 9.08. The zero-order valence-corrected chi connectivity index (χ0v) is 12.1. The topological polar surface area (TPSA) is 32.7 Å². The molecule has 2 rings (SSSR count). The highest BCUT2D eigenvalue weighted by Crippen LogP contribution is 2.25. The van der Waals surface area contributed by atoms with Crippen LogP contribution in [0.1, 0.15) is 19.3 Å². The predicted octanol–water partition coefficient (Wildman–Crippen LogP) is 2.67. The Morgan fingerprint density at radius 3 is 2.94 bits per heavy atom. The molecule has 4 heteroatoms. The lowest BCUT2D eigenvalue weighted by Crippen LogP contribution is -2.44. The van der Waals surface area contributed by atoms with Crippen LogP contribution in [0.2, 0.25) is 0 Å². The standard InChI is InChI=1S/C14H20BrNO2/c15-13-6-1-2-7-14(13)18-11-12-5-3-4-8-16(12)9-10-17/h1-2,6-7,12,17H,3-5,8-11H2. The fourth-order valence-electron chi connectivity index (χ4n) is 2.42. The number of likely N-dealkylation sites (tertiary alicyclic amines) is 1. The van der Waals surface area contributed by atoms with Gasteiger partial charge in [-0.25, -0.2) is 0 Å². The minimum Gasteiger partial charge on any atom is -0.491 e. The molecule has 1 unspecified atom stereocenters. The number of aliphatic hydroxyl groups excluding tert-OH is 1. The molecular weight excluding hydrogens is 294 g/mol. The lowest BCUT2D eigenvalue weighted by molar-refractivity contribution is 0.0812. The third kappa shape index (κ3) is 3.70. The average Bonchev–Trinajstić information content (AvgIpc) is 2.40. The molecule has 1 aromatic carbocycles. The second-order valence-corrected chi connectivity index (χ2v) is 5.50. The first-order valence-corrected chi connectivity index (χ1v) is 7.33. The van der Waals surface area contributed by atoms with Gasteiger partial charge in [0, 0.05) is 12.6 Å². The predicted molar refractivity (Wildman–Crippen MR) is 75.9 cm³/mol. The van der Waals surface area contributed by atoms with Crippen molar-refractivity contribution in [2.75, 3.05) is 26.3 Å². The van der Waals surface area contributed by atoms with Gasteiger partial charge in [0.25, 0.3) is 0 Å². The molecule has 1 aromatic rings. The Hall–Kier alpha value is -0.580. The van der Waals surface area contributed by atoms with Crippen LogP contribution >= 0.6 is 15.9 Å². The first-order chi connectivity index (χ1) is 8.81. The second-order valence-electron chi connectivity index (χ2n) is 4.65. The minimum absolute atomic E-state index is 0.228. The van der Waals surface area contributed by atoms with Crippen molar-refractivity contribution in [2.45, 2.75) is 25.3 Å². The number of β-amino-alcohol motifs (C(OH)–C–C–N with tert-alkyl or cyclic N) is 1. The normalized spacial score (nSPS) is 20.9. The van der Waals surface area contributed by atoms with Crippen LogP contribution in [-0.4, -0.2) is 42.4 Å². The molecule has 1 aliphatic rings. The van der Waals surface area contributed by atoms with Gasteiger partial charge in [0.05, 0.1) is 11.1 Å². The SMILES string of the molecule is OCCN1CCCCC1COc1ccccc1Br. The van der Waals surface area contributed by atoms with Crippen LogP contribution in [0.4, 0.5) is 0 Å². The van der Waals surface area contributed by atoms with Crippen molar-refractivity contribution in [1.82, 2.24) is 4.90 Å². The molecule has 0 amide bonds. The molecule has 0 spiro atoms. The molecule has 1 heterocycles. The quantitative estimate of drug-likeness (QED) is 0.907. The maximum atomic E-state index is 9.08. The largest absolute Gasteiger partial charge is 0.491 e. The summed E-state index contributed by atoms with van der Waals surface area (Å²) in [4.78, 5) is 2.33. The monoisotopic (exact) mass is 313 g/mol. The lowest BCUT2D eigenvalue weighted by atomic mass is 10.0. The molecule has 3 nitrogen and oxygen atoms in total. The summed E-state index contributed by atoms with van der Waals surface area (Å²) in [5, 5.41) is 9.08. The number of ether oxygens (including phenoxy) is 1. The van der Waals surface area contributed by atoms with Crippen molar-refractivity contribution in [3.05, 3.63) is 28.7 Å². The molecule has 0 aliphatic carbocycles. The van der Waals surface area contributed by atoms with Gasteiger partial charge in [-0.3, -0.25) is 4.90 Å². The zero-order chi connectivity index (χ0) is 12.8. The number of hydrogen-bond acceptors (Lipinski definition) is 3. The summed E-state index contributed by atoms with van der Waals surface area (Å²) < 4.78 is 6.88. The molecule has 18 heavy (non-hydrogen) atoms. The van der Waals surface area contributed by atoms with Gasteiger partial charge in [-0.2, -0.15) is 0 Å². The average molecular weight is 314 g/mol. The second kappa shape index (κ2) is 7.12. The van der Waals surface area contributed by atoms with Crippen molar-refractivity contribution < 1.29 is 9.84 Å². The van der Waals surface area contributed by atoms with Gasteiger partial charge in [-0.15, -0.1) is 0 Å². The van der Waals surface area contributed by atoms with E-state index in [1.807, 2.05) is 24.3 Å². The number of hydrogen-bond donors (Lipinski definition) is 1. The fourth-order valence-corrected chi connectivity index (χ4v) is 2.82. The molecule has 100 valence electrons. The molecule has 1 N–H and O–H groups in total. The Morgan fingerprint density at radius 2 is 2.17 bits per heavy atom. The Bertz CT molecular complexity index is 371. The molecule has 0 bridgehead atoms. The number of rotatable bonds is 5. The molecule has 0 radical (unpaired) electrons. The fraction of sp³-hybridized carbons (Fsp3) is 0.571. The maximum Gasteiger partial charge on any atom is 0.133 e. The highest BCUT2D eigenvalue weighted by atomic mass is 79.9. The van der Waals surface area contributed by atoms with E-state index >= 15 is 0 Å². The van der Waals surface area contributed by atoms with Gasteiger partial charge in [0.1, 0.15) is 12.4 Å². The van der Waals surface area contributed by atoms with Gasteiger partial charge in [0.15, 0.2) is 0 Å². The van der Waals surface area contributed by atoms with E-state index in [-0.39, 0.29) is 6.61 Å². The summed E-state index contributed by atoms with van der Waals surface area (Å²) >= 11 is 3.49. The van der Waals surface area contributed by atoms with Crippen molar-refractivity contribution >= 4 is 15.9 Å². The van der Waals surface area contributed by atoms with Crippen LogP contribution in [0.5, 0.6) is 5.75 Å². The first-order valence-electron chi connectivity index (χ1n) is 6.53. The summed E-state index contributed by atoms with van der Waals surface area (Å²) in [6.45, 7) is 2.75. The number of para-hydroxylation sites is 1. The van der Waals surface area contributed by atoms with Crippen LogP contribution in [0.15, 0.2) is 28.7 Å². The van der Waals surface area contributed by atoms with E-state index in [0.717, 1.165) is 29.7 Å². The highest BCUT2D eigenvalue weighted by molar-refractivity contribution is 9.10. The molecule has 0 aromatic heterocycles. The van der Waals surface area contributed by atoms with Crippen LogP contribution in [0.25, 0.3) is 0 Å². The van der Waals surface area contributed by atoms with E-state index in [0.29, 0.717) is 12.6 Å². The van der Waals surface area contributed by atoms with Crippen LogP contribution in [0, 0.1) is 0 Å². The van der Waals surface area contributed by atoms with Crippen molar-refractivity contribution in [2.24, 2.45) is 0 Å². The van der Waals surface area contributed by atoms with Gasteiger partial charge in [-0.1, -0.05) is 18.6 Å². The van der Waals surface area contributed by atoms with Crippen molar-refractivity contribution in [3.63, 3.8) is 0 Å². The van der Waals surface area contributed by atoms with Gasteiger partial charge in [0.2, 0.25) is 0 Å². The Labute approximate surface area is 117 Å². The number of aliphatic hydroxyl groups is 1. The molecule has 1 fully saturated rings. The third-order valence-corrected chi connectivity index (χ3v) is 4.06. The lowest BCUT2D eigenvalue weighted by Gasteiger charge is -2.35. The van der Waals surface area contributed by atoms with Crippen molar-refractivity contribution in [3.8, 4) is 5.75 Å². The Morgan fingerprint density at radius 1 is 1.33 bits per heavy atom. The van der Waals surface area contributed by atoms with Crippen LogP contribution in [0.3, 0.4) is 0 Å². The summed E-state index contributed by atoms with van der Waals surface area (Å²) in [6.07, 6.45) is 3.64. The summed E-state index contributed by atoms with van der Waals surface area (Å²) in [7, 11) is 0. The third-order valence-electron chi connectivity index (χ3n) is 3.40. The number of halogens is 1. The van der Waals surface area contributed by atoms with E-state index in [2.05, 4.69) is 20.8 Å². The zero-order valence-electron chi connectivity index (χ0n) is 10.5. The van der Waals surface area contributed by atoms with Gasteiger partial charge in [-0.05, 0) is 47.4 Å². The smallest absolute Gasteiger partial charge is 0.133 e. The van der Waals surface area contributed by atoms with E-state index in [4.69, 9.17) is 9.84 Å². The summed E-state index contributed by atoms with van der Waals surface area (Å²) in [6, 6.07) is 8.35. The molecule has 0 saturated carbocycles. The first kappa shape index (κ1) is 13.8. The van der Waals surface area contributed by atoms with E-state index in [1.165, 1.54) is 12.8 Å². The molecular formula is C14H20BrNO2. The summed E-state index contributed by atoms with van der Waals surface area (Å²) in [5.41, 5.74) is 0. The van der Waals surface area contributed by atoms with Crippen molar-refractivity contribution in [1.29, 1.82) is 0 Å². The van der Waals surface area contributed by atoms with E-state index in [1.54, 1.807) is 0 Å².